The molecule has 94 valence electrons. The molecular formula is C11H22N2O3. The van der Waals surface area contributed by atoms with Crippen LogP contribution < -0.4 is 5.48 Å². The maximum Gasteiger partial charge on any atom is 0.410 e. The molecule has 5 nitrogen and oxygen atoms in total. The van der Waals surface area contributed by atoms with Crippen molar-refractivity contribution in [2.24, 2.45) is 5.92 Å². The van der Waals surface area contributed by atoms with Crippen LogP contribution in [0.5, 0.6) is 0 Å². The van der Waals surface area contributed by atoms with Gasteiger partial charge in [-0.3, -0.25) is 0 Å². The van der Waals surface area contributed by atoms with E-state index in [0.29, 0.717) is 25.6 Å². The van der Waals surface area contributed by atoms with Gasteiger partial charge in [0, 0.05) is 19.6 Å². The Morgan fingerprint density at radius 1 is 1.44 bits per heavy atom. The van der Waals surface area contributed by atoms with E-state index in [1.807, 2.05) is 20.8 Å². The summed E-state index contributed by atoms with van der Waals surface area (Å²) in [4.78, 5) is 13.5. The van der Waals surface area contributed by atoms with Gasteiger partial charge in [-0.2, -0.15) is 0 Å². The summed E-state index contributed by atoms with van der Waals surface area (Å²) in [6.45, 7) is 7.62. The largest absolute Gasteiger partial charge is 0.444 e. The lowest BCUT2D eigenvalue weighted by molar-refractivity contribution is 0.0169. The molecule has 1 heterocycles. The second-order valence-electron chi connectivity index (χ2n) is 5.27. The molecule has 1 saturated heterocycles. The summed E-state index contributed by atoms with van der Waals surface area (Å²) < 4.78 is 5.29. The van der Waals surface area contributed by atoms with Crippen molar-refractivity contribution in [1.29, 1.82) is 0 Å². The standard InChI is InChI=1S/C11H22N2O3/c1-11(2,3)16-10(14)13-6-4-9(5-7-13)8-12-15/h9,12,15H,4-8H2,1-3H3. The Bertz CT molecular complexity index is 230. The lowest BCUT2D eigenvalue weighted by atomic mass is 9.97. The molecule has 0 aromatic heterocycles. The van der Waals surface area contributed by atoms with Gasteiger partial charge in [-0.25, -0.2) is 10.3 Å². The average molecular weight is 230 g/mol. The molecular weight excluding hydrogens is 208 g/mol. The Labute approximate surface area is 96.7 Å². The van der Waals surface area contributed by atoms with Gasteiger partial charge < -0.3 is 14.8 Å². The number of likely N-dealkylation sites (tertiary alicyclic amines) is 1. The number of amides is 1. The molecule has 0 atom stereocenters. The van der Waals surface area contributed by atoms with Gasteiger partial charge in [-0.1, -0.05) is 0 Å². The quantitative estimate of drug-likeness (QED) is 0.707. The van der Waals surface area contributed by atoms with E-state index in [9.17, 15) is 4.79 Å². The highest BCUT2D eigenvalue weighted by atomic mass is 16.6. The van der Waals surface area contributed by atoms with Gasteiger partial charge in [0.15, 0.2) is 0 Å². The molecule has 16 heavy (non-hydrogen) atoms. The van der Waals surface area contributed by atoms with E-state index in [1.54, 1.807) is 4.90 Å². The van der Waals surface area contributed by atoms with E-state index in [1.165, 1.54) is 0 Å². The number of carbonyl (C=O) groups is 1. The summed E-state index contributed by atoms with van der Waals surface area (Å²) in [7, 11) is 0. The molecule has 1 fully saturated rings. The number of nitrogens with zero attached hydrogens (tertiary/aromatic N) is 1. The first kappa shape index (κ1) is 13.3. The number of rotatable bonds is 2. The highest BCUT2D eigenvalue weighted by Crippen LogP contribution is 2.18. The fourth-order valence-corrected chi connectivity index (χ4v) is 1.78. The molecule has 1 aliphatic rings. The summed E-state index contributed by atoms with van der Waals surface area (Å²) in [5, 5.41) is 8.59. The minimum absolute atomic E-state index is 0.233. The summed E-state index contributed by atoms with van der Waals surface area (Å²) in [6, 6.07) is 0. The maximum absolute atomic E-state index is 11.7. The van der Waals surface area contributed by atoms with E-state index >= 15 is 0 Å². The third kappa shape index (κ3) is 4.37. The molecule has 0 bridgehead atoms. The minimum Gasteiger partial charge on any atom is -0.444 e. The van der Waals surface area contributed by atoms with Crippen molar-refractivity contribution in [2.75, 3.05) is 19.6 Å². The van der Waals surface area contributed by atoms with Crippen molar-refractivity contribution in [3.05, 3.63) is 0 Å². The van der Waals surface area contributed by atoms with Gasteiger partial charge in [-0.15, -0.1) is 0 Å². The van der Waals surface area contributed by atoms with E-state index in [4.69, 9.17) is 9.94 Å². The van der Waals surface area contributed by atoms with E-state index in [0.717, 1.165) is 12.8 Å². The molecule has 5 heteroatoms. The first-order valence-corrected chi connectivity index (χ1v) is 5.77. The zero-order valence-electron chi connectivity index (χ0n) is 10.3. The van der Waals surface area contributed by atoms with Gasteiger partial charge in [0.1, 0.15) is 5.60 Å². The number of ether oxygens (including phenoxy) is 1. The third-order valence-corrected chi connectivity index (χ3v) is 2.65. The monoisotopic (exact) mass is 230 g/mol. The van der Waals surface area contributed by atoms with Crippen molar-refractivity contribution < 1.29 is 14.7 Å². The van der Waals surface area contributed by atoms with Gasteiger partial charge in [0.05, 0.1) is 0 Å². The topological polar surface area (TPSA) is 61.8 Å². The zero-order chi connectivity index (χ0) is 12.2. The van der Waals surface area contributed by atoms with Crippen LogP contribution in [0.1, 0.15) is 33.6 Å². The Morgan fingerprint density at radius 2 is 2.00 bits per heavy atom. The van der Waals surface area contributed by atoms with Crippen molar-refractivity contribution in [3.8, 4) is 0 Å². The minimum atomic E-state index is -0.430. The molecule has 1 rings (SSSR count). The van der Waals surface area contributed by atoms with Crippen LogP contribution in [0.4, 0.5) is 4.79 Å². The van der Waals surface area contributed by atoms with E-state index in [-0.39, 0.29) is 6.09 Å². The number of nitrogens with one attached hydrogen (secondary N) is 1. The number of piperidine rings is 1. The van der Waals surface area contributed by atoms with Crippen LogP contribution in [0.2, 0.25) is 0 Å². The number of hydrogen-bond donors (Lipinski definition) is 2. The van der Waals surface area contributed by atoms with Crippen LogP contribution in [0.3, 0.4) is 0 Å². The first-order valence-electron chi connectivity index (χ1n) is 5.77. The molecule has 0 spiro atoms. The predicted octanol–water partition coefficient (Wildman–Crippen LogP) is 1.61. The Kier molecular flexibility index (Phi) is 4.56. The highest BCUT2D eigenvalue weighted by Gasteiger charge is 2.26. The third-order valence-electron chi connectivity index (χ3n) is 2.65. The Hall–Kier alpha value is -0.810. The van der Waals surface area contributed by atoms with Crippen LogP contribution in [-0.2, 0) is 4.74 Å². The molecule has 0 aliphatic carbocycles. The SMILES string of the molecule is CC(C)(C)OC(=O)N1CCC(CNO)CC1. The summed E-state index contributed by atoms with van der Waals surface area (Å²) in [5.74, 6) is 0.448. The normalized spacial score (nSPS) is 18.6. The van der Waals surface area contributed by atoms with Gasteiger partial charge in [0.2, 0.25) is 0 Å². The van der Waals surface area contributed by atoms with Crippen LogP contribution in [-0.4, -0.2) is 41.4 Å². The van der Waals surface area contributed by atoms with Crippen LogP contribution in [0.15, 0.2) is 0 Å². The smallest absolute Gasteiger partial charge is 0.410 e. The Balaban J connectivity index is 2.33. The van der Waals surface area contributed by atoms with Crippen molar-refractivity contribution in [2.45, 2.75) is 39.2 Å². The molecule has 1 amide bonds. The Morgan fingerprint density at radius 3 is 2.44 bits per heavy atom. The molecule has 0 radical (unpaired) electrons. The maximum atomic E-state index is 11.7. The van der Waals surface area contributed by atoms with Crippen molar-refractivity contribution >= 4 is 6.09 Å². The summed E-state index contributed by atoms with van der Waals surface area (Å²) >= 11 is 0. The highest BCUT2D eigenvalue weighted by molar-refractivity contribution is 5.68. The lowest BCUT2D eigenvalue weighted by Crippen LogP contribution is -2.43. The lowest BCUT2D eigenvalue weighted by Gasteiger charge is -2.33. The van der Waals surface area contributed by atoms with E-state index < -0.39 is 5.60 Å². The average Bonchev–Trinajstić information content (AvgIpc) is 2.16. The van der Waals surface area contributed by atoms with Crippen molar-refractivity contribution in [3.63, 3.8) is 0 Å². The summed E-state index contributed by atoms with van der Waals surface area (Å²) in [5.41, 5.74) is 1.76. The fourth-order valence-electron chi connectivity index (χ4n) is 1.78. The second-order valence-corrected chi connectivity index (χ2v) is 5.27. The van der Waals surface area contributed by atoms with E-state index in [2.05, 4.69) is 5.48 Å². The van der Waals surface area contributed by atoms with Crippen LogP contribution in [0, 0.1) is 5.92 Å². The van der Waals surface area contributed by atoms with Gasteiger partial charge in [-0.05, 0) is 39.5 Å². The molecule has 0 saturated carbocycles. The first-order chi connectivity index (χ1) is 7.42. The van der Waals surface area contributed by atoms with Crippen LogP contribution >= 0.6 is 0 Å². The van der Waals surface area contributed by atoms with Gasteiger partial charge >= 0.3 is 6.09 Å². The fraction of sp³-hybridized carbons (Fsp3) is 0.909. The predicted molar refractivity (Wildman–Crippen MR) is 60.3 cm³/mol. The number of hydrogen-bond acceptors (Lipinski definition) is 4. The van der Waals surface area contributed by atoms with Crippen LogP contribution in [0.25, 0.3) is 0 Å². The van der Waals surface area contributed by atoms with Crippen molar-refractivity contribution in [1.82, 2.24) is 10.4 Å². The van der Waals surface area contributed by atoms with Gasteiger partial charge in [0.25, 0.3) is 0 Å². The summed E-state index contributed by atoms with van der Waals surface area (Å²) in [6.07, 6.45) is 1.59. The number of hydroxylamine groups is 1. The molecule has 1 aliphatic heterocycles. The molecule has 0 unspecified atom stereocenters. The molecule has 0 aromatic carbocycles. The zero-order valence-corrected chi connectivity index (χ0v) is 10.3. The number of carbonyl (C=O) groups excluding carboxylic acids is 1. The molecule has 0 aromatic rings. The molecule has 2 N–H and O–H groups in total. The second kappa shape index (κ2) is 5.50.